The second kappa shape index (κ2) is 8.13. The van der Waals surface area contributed by atoms with Crippen LogP contribution < -0.4 is 4.74 Å². The largest absolute Gasteiger partial charge is 0.484 e. The number of nitrogens with zero attached hydrogens (tertiary/aromatic N) is 1. The Morgan fingerprint density at radius 1 is 0.958 bits per heavy atom. The highest BCUT2D eigenvalue weighted by Gasteiger charge is 2.16. The summed E-state index contributed by atoms with van der Waals surface area (Å²) in [6.45, 7) is 3.27. The van der Waals surface area contributed by atoms with Crippen LogP contribution in [0.15, 0.2) is 59.3 Å². The lowest BCUT2D eigenvalue weighted by atomic mass is 10.2. The average molecular weight is 358 g/mol. The van der Waals surface area contributed by atoms with E-state index in [0.29, 0.717) is 13.1 Å². The maximum atomic E-state index is 12.7. The Kier molecular flexibility index (Phi) is 5.67. The van der Waals surface area contributed by atoms with Crippen molar-refractivity contribution in [2.24, 2.45) is 0 Å². The monoisotopic (exact) mass is 357 g/mol. The summed E-state index contributed by atoms with van der Waals surface area (Å²) in [4.78, 5) is 16.9. The van der Waals surface area contributed by atoms with Crippen molar-refractivity contribution in [1.82, 2.24) is 4.90 Å². The molecule has 24 heavy (non-hydrogen) atoms. The maximum Gasteiger partial charge on any atom is 0.261 e. The van der Waals surface area contributed by atoms with Gasteiger partial charge in [-0.05, 0) is 41.4 Å². The van der Waals surface area contributed by atoms with E-state index < -0.39 is 0 Å². The van der Waals surface area contributed by atoms with E-state index in [1.807, 2.05) is 59.0 Å². The molecule has 0 aliphatic carbocycles. The van der Waals surface area contributed by atoms with E-state index in [9.17, 15) is 4.79 Å². The van der Waals surface area contributed by atoms with Crippen molar-refractivity contribution in [3.05, 3.63) is 74.6 Å². The third kappa shape index (κ3) is 4.46. The lowest BCUT2D eigenvalue weighted by Crippen LogP contribution is -2.33. The van der Waals surface area contributed by atoms with Crippen LogP contribution in [0.2, 0.25) is 0 Å². The zero-order valence-electron chi connectivity index (χ0n) is 13.5. The maximum absolute atomic E-state index is 12.7. The molecule has 0 fully saturated rings. The van der Waals surface area contributed by atoms with E-state index in [0.717, 1.165) is 11.3 Å². The van der Waals surface area contributed by atoms with Crippen LogP contribution in [-0.4, -0.2) is 17.4 Å². The molecule has 3 nitrogen and oxygen atoms in total. The number of benzene rings is 1. The number of hydrogen-bond acceptors (Lipinski definition) is 4. The summed E-state index contributed by atoms with van der Waals surface area (Å²) in [6.07, 6.45) is 0. The van der Waals surface area contributed by atoms with Crippen LogP contribution >= 0.6 is 22.7 Å². The Morgan fingerprint density at radius 3 is 2.12 bits per heavy atom. The number of para-hydroxylation sites is 1. The second-order valence-corrected chi connectivity index (χ2v) is 7.53. The van der Waals surface area contributed by atoms with Crippen molar-refractivity contribution in [3.8, 4) is 5.75 Å². The van der Waals surface area contributed by atoms with Gasteiger partial charge in [-0.1, -0.05) is 30.3 Å². The number of amides is 1. The summed E-state index contributed by atoms with van der Waals surface area (Å²) in [6, 6.07) is 15.9. The van der Waals surface area contributed by atoms with Gasteiger partial charge in [0.2, 0.25) is 0 Å². The zero-order chi connectivity index (χ0) is 16.8. The molecule has 0 unspecified atom stereocenters. The van der Waals surface area contributed by atoms with Gasteiger partial charge in [-0.2, -0.15) is 0 Å². The van der Waals surface area contributed by atoms with Crippen molar-refractivity contribution in [2.75, 3.05) is 6.61 Å². The highest BCUT2D eigenvalue weighted by atomic mass is 32.1. The standard InChI is InChI=1S/C19H19NO2S2/c1-15-6-2-3-9-18(15)22-14-19(21)20(12-16-7-4-10-23-16)13-17-8-5-11-24-17/h2-11H,12-14H2,1H3. The minimum atomic E-state index is 0.0000491. The quantitative estimate of drug-likeness (QED) is 0.612. The second-order valence-electron chi connectivity index (χ2n) is 5.46. The molecule has 0 saturated heterocycles. The fourth-order valence-electron chi connectivity index (χ4n) is 2.36. The van der Waals surface area contributed by atoms with Crippen molar-refractivity contribution >= 4 is 28.6 Å². The van der Waals surface area contributed by atoms with Gasteiger partial charge in [-0.3, -0.25) is 4.79 Å². The van der Waals surface area contributed by atoms with Crippen molar-refractivity contribution in [3.63, 3.8) is 0 Å². The third-order valence-corrected chi connectivity index (χ3v) is 5.37. The summed E-state index contributed by atoms with van der Waals surface area (Å²) in [5.41, 5.74) is 1.04. The smallest absolute Gasteiger partial charge is 0.261 e. The van der Waals surface area contributed by atoms with Crippen molar-refractivity contribution in [1.29, 1.82) is 0 Å². The molecule has 2 heterocycles. The van der Waals surface area contributed by atoms with Crippen LogP contribution in [0.25, 0.3) is 0 Å². The van der Waals surface area contributed by atoms with Gasteiger partial charge in [0, 0.05) is 9.75 Å². The molecule has 5 heteroatoms. The Bertz CT molecular complexity index is 730. The van der Waals surface area contributed by atoms with E-state index >= 15 is 0 Å². The van der Waals surface area contributed by atoms with E-state index in [4.69, 9.17) is 4.74 Å². The molecule has 3 rings (SSSR count). The summed E-state index contributed by atoms with van der Waals surface area (Å²) in [5, 5.41) is 4.07. The molecule has 2 aromatic heterocycles. The van der Waals surface area contributed by atoms with Gasteiger partial charge in [-0.25, -0.2) is 0 Å². The summed E-state index contributed by atoms with van der Waals surface area (Å²) in [5.74, 6) is 0.762. The first-order valence-corrected chi connectivity index (χ1v) is 9.49. The molecule has 0 saturated carbocycles. The van der Waals surface area contributed by atoms with E-state index in [-0.39, 0.29) is 12.5 Å². The predicted molar refractivity (Wildman–Crippen MR) is 99.6 cm³/mol. The Balaban J connectivity index is 1.67. The van der Waals surface area contributed by atoms with Crippen LogP contribution in [0.1, 0.15) is 15.3 Å². The van der Waals surface area contributed by atoms with Crippen LogP contribution in [-0.2, 0) is 17.9 Å². The molecule has 0 aliphatic rings. The number of carbonyl (C=O) groups is 1. The van der Waals surface area contributed by atoms with Crippen LogP contribution in [0.3, 0.4) is 0 Å². The van der Waals surface area contributed by atoms with Crippen molar-refractivity contribution in [2.45, 2.75) is 20.0 Å². The molecule has 0 bridgehead atoms. The Morgan fingerprint density at radius 2 is 1.58 bits per heavy atom. The van der Waals surface area contributed by atoms with Gasteiger partial charge < -0.3 is 9.64 Å². The van der Waals surface area contributed by atoms with Gasteiger partial charge >= 0.3 is 0 Å². The minimum Gasteiger partial charge on any atom is -0.484 e. The number of carbonyl (C=O) groups excluding carboxylic acids is 1. The summed E-state index contributed by atoms with van der Waals surface area (Å²) >= 11 is 3.33. The lowest BCUT2D eigenvalue weighted by molar-refractivity contribution is -0.134. The molecule has 124 valence electrons. The fourth-order valence-corrected chi connectivity index (χ4v) is 3.80. The van der Waals surface area contributed by atoms with Crippen molar-refractivity contribution < 1.29 is 9.53 Å². The first-order chi connectivity index (χ1) is 11.7. The first kappa shape index (κ1) is 16.7. The topological polar surface area (TPSA) is 29.5 Å². The molecule has 0 spiro atoms. The number of hydrogen-bond donors (Lipinski definition) is 0. The molecule has 0 atom stereocenters. The number of thiophene rings is 2. The minimum absolute atomic E-state index is 0.0000491. The summed E-state index contributed by atoms with van der Waals surface area (Å²) < 4.78 is 5.73. The molecule has 1 aromatic carbocycles. The molecular formula is C19H19NO2S2. The normalized spacial score (nSPS) is 10.5. The van der Waals surface area contributed by atoms with Crippen LogP contribution in [0.5, 0.6) is 5.75 Å². The lowest BCUT2D eigenvalue weighted by Gasteiger charge is -2.22. The molecule has 0 radical (unpaired) electrons. The molecule has 0 N–H and O–H groups in total. The van der Waals surface area contributed by atoms with Gasteiger partial charge in [0.1, 0.15) is 5.75 Å². The highest BCUT2D eigenvalue weighted by molar-refractivity contribution is 7.10. The van der Waals surface area contributed by atoms with E-state index in [2.05, 4.69) is 12.1 Å². The SMILES string of the molecule is Cc1ccccc1OCC(=O)N(Cc1cccs1)Cc1cccs1. The van der Waals surface area contributed by atoms with E-state index in [1.54, 1.807) is 22.7 Å². The van der Waals surface area contributed by atoms with E-state index in [1.165, 1.54) is 9.75 Å². The summed E-state index contributed by atoms with van der Waals surface area (Å²) in [7, 11) is 0. The highest BCUT2D eigenvalue weighted by Crippen LogP contribution is 2.19. The predicted octanol–water partition coefficient (Wildman–Crippen LogP) is 4.73. The first-order valence-electron chi connectivity index (χ1n) is 7.73. The Labute approximate surface area is 150 Å². The van der Waals surface area contributed by atoms with Gasteiger partial charge in [0.05, 0.1) is 13.1 Å². The zero-order valence-corrected chi connectivity index (χ0v) is 15.1. The molecule has 1 amide bonds. The number of aryl methyl sites for hydroxylation is 1. The fraction of sp³-hybridized carbons (Fsp3) is 0.211. The van der Waals surface area contributed by atoms with Crippen LogP contribution in [0, 0.1) is 6.92 Å². The van der Waals surface area contributed by atoms with Crippen LogP contribution in [0.4, 0.5) is 0 Å². The molecule has 3 aromatic rings. The van der Waals surface area contributed by atoms with Gasteiger partial charge in [0.25, 0.3) is 5.91 Å². The molecular weight excluding hydrogens is 338 g/mol. The average Bonchev–Trinajstić information content (AvgIpc) is 3.27. The number of ether oxygens (including phenoxy) is 1. The Hall–Kier alpha value is -2.11. The van der Waals surface area contributed by atoms with Gasteiger partial charge in [0.15, 0.2) is 6.61 Å². The number of rotatable bonds is 7. The molecule has 0 aliphatic heterocycles. The van der Waals surface area contributed by atoms with Gasteiger partial charge in [-0.15, -0.1) is 22.7 Å². The third-order valence-electron chi connectivity index (χ3n) is 3.65.